The maximum atomic E-state index is 14.6. The van der Waals surface area contributed by atoms with Crippen LogP contribution in [0.2, 0.25) is 0 Å². The van der Waals surface area contributed by atoms with Gasteiger partial charge in [0.15, 0.2) is 18.7 Å². The number of hydrogen-bond acceptors (Lipinski definition) is 17. The quantitative estimate of drug-likeness (QED) is 0.0889. The van der Waals surface area contributed by atoms with Crippen molar-refractivity contribution in [2.24, 2.45) is 34.0 Å². The van der Waals surface area contributed by atoms with Crippen LogP contribution in [0.5, 0.6) is 0 Å². The minimum atomic E-state index is -1.93. The Labute approximate surface area is 319 Å². The van der Waals surface area contributed by atoms with Gasteiger partial charge in [0.05, 0.1) is 25.2 Å². The second kappa shape index (κ2) is 15.7. The van der Waals surface area contributed by atoms with Crippen LogP contribution in [0, 0.1) is 34.0 Å². The van der Waals surface area contributed by atoms with Crippen molar-refractivity contribution in [1.82, 2.24) is 0 Å². The van der Waals surface area contributed by atoms with E-state index in [1.54, 1.807) is 0 Å². The molecule has 2 bridgehead atoms. The Hall–Kier alpha value is -1.39. The Morgan fingerprint density at radius 3 is 1.84 bits per heavy atom. The zero-order valence-electron chi connectivity index (χ0n) is 31.4. The van der Waals surface area contributed by atoms with Crippen molar-refractivity contribution in [1.29, 1.82) is 0 Å². The van der Waals surface area contributed by atoms with E-state index in [1.165, 1.54) is 5.57 Å². The zero-order chi connectivity index (χ0) is 39.8. The average Bonchev–Trinajstić information content (AvgIpc) is 3.39. The van der Waals surface area contributed by atoms with E-state index in [-0.39, 0.29) is 16.7 Å². The zero-order valence-corrected chi connectivity index (χ0v) is 31.4. The molecule has 21 atom stereocenters. The van der Waals surface area contributed by atoms with Gasteiger partial charge < -0.3 is 79.5 Å². The number of fused-ring (bicyclic) bond motifs is 3. The molecule has 0 aromatic rings. The van der Waals surface area contributed by atoms with Gasteiger partial charge in [0.1, 0.15) is 67.1 Å². The topological polar surface area (TPSA) is 275 Å². The highest BCUT2D eigenvalue weighted by atomic mass is 16.8. The second-order valence-electron chi connectivity index (χ2n) is 17.8. The molecule has 7 fully saturated rings. The molecular formula is C38H60O17. The maximum absolute atomic E-state index is 14.6. The van der Waals surface area contributed by atoms with Crippen LogP contribution in [-0.4, -0.2) is 169 Å². The highest BCUT2D eigenvalue weighted by Crippen LogP contribution is 2.72. The Morgan fingerprint density at radius 2 is 1.22 bits per heavy atom. The lowest BCUT2D eigenvalue weighted by Crippen LogP contribution is -2.67. The molecule has 7 rings (SSSR count). The second-order valence-corrected chi connectivity index (χ2v) is 17.8. The summed E-state index contributed by atoms with van der Waals surface area (Å²) in [4.78, 5) is 14.6. The first-order valence-corrected chi connectivity index (χ1v) is 19.8. The largest absolute Gasteiger partial charge is 0.432 e. The lowest BCUT2D eigenvalue weighted by molar-refractivity contribution is -0.391. The van der Waals surface area contributed by atoms with E-state index in [9.17, 15) is 55.9 Å². The van der Waals surface area contributed by atoms with E-state index in [0.717, 1.165) is 51.4 Å². The van der Waals surface area contributed by atoms with Gasteiger partial charge in [-0.3, -0.25) is 4.79 Å². The molecule has 4 saturated carbocycles. The fraction of sp³-hybridized carbons (Fsp3) is 0.921. The first-order chi connectivity index (χ1) is 26.0. The maximum Gasteiger partial charge on any atom is 0.314 e. The number of esters is 1. The summed E-state index contributed by atoms with van der Waals surface area (Å²) in [7, 11) is 0. The van der Waals surface area contributed by atoms with Crippen LogP contribution < -0.4 is 0 Å². The van der Waals surface area contributed by atoms with E-state index in [1.807, 2.05) is 6.92 Å². The van der Waals surface area contributed by atoms with Gasteiger partial charge in [0.25, 0.3) is 0 Å². The number of aliphatic hydroxyl groups is 10. The Morgan fingerprint density at radius 1 is 0.673 bits per heavy atom. The van der Waals surface area contributed by atoms with Crippen LogP contribution >= 0.6 is 0 Å². The van der Waals surface area contributed by atoms with Crippen LogP contribution in [0.3, 0.4) is 0 Å². The molecule has 0 aromatic carbocycles. The number of aliphatic hydroxyl groups excluding tert-OH is 10. The van der Waals surface area contributed by atoms with Crippen molar-refractivity contribution in [3.8, 4) is 0 Å². The first kappa shape index (κ1) is 41.8. The van der Waals surface area contributed by atoms with Crippen LogP contribution in [0.4, 0.5) is 0 Å². The number of carbonyl (C=O) groups is 1. The van der Waals surface area contributed by atoms with Gasteiger partial charge in [-0.25, -0.2) is 0 Å². The van der Waals surface area contributed by atoms with Gasteiger partial charge in [-0.05, 0) is 86.9 Å². The standard InChI is InChI=1S/C38H60O17/c1-16-11-38-10-7-21-36(2,22(38)6-5-17(16)12-38)8-4-9-37(21,3)35(49)55-34-31(28(47)25(44)20(15-41)52-34)54-33-30(27(46)24(43)19(14-40)51-33)53-32-29(48)26(45)23(42)18(13-39)50-32/h17-34,39-48H,1,4-15H2,2-3H3/t17-,18-,19-,20-,21+,22?,23-,24-,25-,26+,27+,28+,29-,30-,31-,32+,33+,34+,36-,37-,38-/m1/s1. The van der Waals surface area contributed by atoms with E-state index in [0.29, 0.717) is 18.3 Å². The van der Waals surface area contributed by atoms with Gasteiger partial charge in [0, 0.05) is 0 Å². The smallest absolute Gasteiger partial charge is 0.314 e. The van der Waals surface area contributed by atoms with Gasteiger partial charge >= 0.3 is 5.97 Å². The number of ether oxygens (including phenoxy) is 6. The molecule has 3 heterocycles. The van der Waals surface area contributed by atoms with Crippen LogP contribution in [0.1, 0.15) is 71.6 Å². The summed E-state index contributed by atoms with van der Waals surface area (Å²) >= 11 is 0. The Kier molecular flexibility index (Phi) is 11.9. The normalized spacial score (nSPS) is 54.0. The van der Waals surface area contributed by atoms with Crippen LogP contribution in [0.15, 0.2) is 12.2 Å². The molecule has 55 heavy (non-hydrogen) atoms. The SMILES string of the molecule is C=C1C[C@@]23CC[C@@H]4[C@](C)(C(=O)O[C@@H]5O[C@H](CO)[C@@H](O)[C@H](O)[C@H]5O[C@@H]5O[C@H](CO)[C@@H](O)[C@H](O)[C@H]5O[C@@H]5O[C@H](CO)[C@@H](O)[C@H](O)[C@H]5O)CCC[C@@]4(C)C2CC[C@@H]1C3. The summed E-state index contributed by atoms with van der Waals surface area (Å²) in [5.41, 5.74) is 0.417. The number of allylic oxidation sites excluding steroid dienone is 1. The van der Waals surface area contributed by atoms with Crippen molar-refractivity contribution in [3.63, 3.8) is 0 Å². The van der Waals surface area contributed by atoms with Crippen LogP contribution in [0.25, 0.3) is 0 Å². The van der Waals surface area contributed by atoms with E-state index >= 15 is 0 Å². The van der Waals surface area contributed by atoms with E-state index in [4.69, 9.17) is 28.4 Å². The molecule has 314 valence electrons. The summed E-state index contributed by atoms with van der Waals surface area (Å²) in [6.07, 6.45) is -17.7. The summed E-state index contributed by atoms with van der Waals surface area (Å²) < 4.78 is 35.0. The number of rotatable bonds is 9. The van der Waals surface area contributed by atoms with Gasteiger partial charge in [0.2, 0.25) is 6.29 Å². The summed E-state index contributed by atoms with van der Waals surface area (Å²) in [5.74, 6) is 0.342. The first-order valence-electron chi connectivity index (χ1n) is 19.8. The molecule has 17 nitrogen and oxygen atoms in total. The third kappa shape index (κ3) is 6.91. The van der Waals surface area contributed by atoms with Gasteiger partial charge in [-0.15, -0.1) is 0 Å². The average molecular weight is 789 g/mol. The van der Waals surface area contributed by atoms with Crippen molar-refractivity contribution in [3.05, 3.63) is 12.2 Å². The molecule has 0 amide bonds. The predicted octanol–water partition coefficient (Wildman–Crippen LogP) is -2.05. The molecule has 1 spiro atoms. The molecule has 10 N–H and O–H groups in total. The minimum absolute atomic E-state index is 0.0330. The third-order valence-electron chi connectivity index (χ3n) is 14.8. The molecule has 1 unspecified atom stereocenters. The van der Waals surface area contributed by atoms with E-state index < -0.39 is 123 Å². The minimum Gasteiger partial charge on any atom is -0.432 e. The van der Waals surface area contributed by atoms with Crippen molar-refractivity contribution in [2.75, 3.05) is 19.8 Å². The monoisotopic (exact) mass is 788 g/mol. The van der Waals surface area contributed by atoms with Crippen molar-refractivity contribution < 1.29 is 84.3 Å². The molecule has 7 aliphatic rings. The lowest BCUT2D eigenvalue weighted by Gasteiger charge is -2.63. The Balaban J connectivity index is 1.14. The molecule has 3 aliphatic heterocycles. The Bertz CT molecular complexity index is 1400. The summed E-state index contributed by atoms with van der Waals surface area (Å²) in [5, 5.41) is 105. The molecule has 17 heteroatoms. The van der Waals surface area contributed by atoms with Crippen molar-refractivity contribution >= 4 is 5.97 Å². The van der Waals surface area contributed by atoms with E-state index in [2.05, 4.69) is 13.5 Å². The van der Waals surface area contributed by atoms with Crippen molar-refractivity contribution in [2.45, 2.75) is 164 Å². The molecular weight excluding hydrogens is 728 g/mol. The van der Waals surface area contributed by atoms with Gasteiger partial charge in [-0.1, -0.05) is 25.5 Å². The lowest BCUT2D eigenvalue weighted by atomic mass is 9.41. The summed E-state index contributed by atoms with van der Waals surface area (Å²) in [6.45, 7) is 6.26. The molecule has 0 radical (unpaired) electrons. The number of carbonyl (C=O) groups excluding carboxylic acids is 1. The molecule has 0 aromatic heterocycles. The predicted molar refractivity (Wildman–Crippen MR) is 185 cm³/mol. The molecule has 3 saturated heterocycles. The fourth-order valence-corrected chi connectivity index (χ4v) is 11.9. The van der Waals surface area contributed by atoms with Gasteiger partial charge in [-0.2, -0.15) is 0 Å². The number of hydrogen-bond donors (Lipinski definition) is 10. The fourth-order valence-electron chi connectivity index (χ4n) is 11.9. The summed E-state index contributed by atoms with van der Waals surface area (Å²) in [6, 6.07) is 0. The highest BCUT2D eigenvalue weighted by Gasteiger charge is 2.66. The third-order valence-corrected chi connectivity index (χ3v) is 14.8. The molecule has 4 aliphatic carbocycles. The highest BCUT2D eigenvalue weighted by molar-refractivity contribution is 5.77. The van der Waals surface area contributed by atoms with Crippen LogP contribution in [-0.2, 0) is 33.2 Å².